The van der Waals surface area contributed by atoms with Crippen molar-refractivity contribution in [2.24, 2.45) is 5.92 Å². The fourth-order valence-corrected chi connectivity index (χ4v) is 2.14. The van der Waals surface area contributed by atoms with Gasteiger partial charge in [0.05, 0.1) is 42.3 Å². The molecule has 2 unspecified atom stereocenters. The highest BCUT2D eigenvalue weighted by molar-refractivity contribution is 5.69. The summed E-state index contributed by atoms with van der Waals surface area (Å²) in [4.78, 5) is 21.5. The zero-order chi connectivity index (χ0) is 17.6. The maximum atomic E-state index is 11.1. The molecule has 0 fully saturated rings. The lowest BCUT2D eigenvalue weighted by atomic mass is 10.0. The van der Waals surface area contributed by atoms with E-state index in [2.05, 4.69) is 0 Å². The number of nitrogens with zero attached hydrogens (tertiary/aromatic N) is 1. The number of aliphatic hydroxyl groups excluding tert-OH is 1. The minimum atomic E-state index is -1.03. The smallest absolute Gasteiger partial charge is 0.306 e. The Morgan fingerprint density at radius 3 is 2.48 bits per heavy atom. The van der Waals surface area contributed by atoms with E-state index >= 15 is 0 Å². The molecule has 0 radical (unpaired) electrons. The Labute approximate surface area is 133 Å². The average Bonchev–Trinajstić information content (AvgIpc) is 2.50. The van der Waals surface area contributed by atoms with Crippen molar-refractivity contribution in [1.82, 2.24) is 0 Å². The second-order valence-corrected chi connectivity index (χ2v) is 5.08. The van der Waals surface area contributed by atoms with Crippen molar-refractivity contribution in [3.05, 3.63) is 27.8 Å². The summed E-state index contributed by atoms with van der Waals surface area (Å²) in [6, 6.07) is 2.54. The summed E-state index contributed by atoms with van der Waals surface area (Å²) in [6.07, 6.45) is -0.285. The number of nitro benzene ring substituents is 1. The molecule has 1 aromatic rings. The highest BCUT2D eigenvalue weighted by atomic mass is 16.6. The first-order chi connectivity index (χ1) is 10.8. The maximum Gasteiger partial charge on any atom is 0.306 e. The fourth-order valence-electron chi connectivity index (χ4n) is 2.14. The largest absolute Gasteiger partial charge is 0.493 e. The molecule has 2 N–H and O–H groups in total. The molecule has 0 aliphatic rings. The molecule has 0 bridgehead atoms. The quantitative estimate of drug-likeness (QED) is 0.528. The number of carbonyl (C=O) groups is 1. The third kappa shape index (κ3) is 4.82. The normalized spacial score (nSPS) is 13.2. The van der Waals surface area contributed by atoms with Gasteiger partial charge in [0.15, 0.2) is 11.5 Å². The molecule has 0 amide bonds. The van der Waals surface area contributed by atoms with Crippen LogP contribution in [0.15, 0.2) is 12.1 Å². The van der Waals surface area contributed by atoms with Crippen LogP contribution in [-0.4, -0.2) is 34.8 Å². The Hall–Kier alpha value is -2.35. The van der Waals surface area contributed by atoms with Crippen molar-refractivity contribution < 1.29 is 29.4 Å². The molecule has 0 aromatic heterocycles. The lowest BCUT2D eigenvalue weighted by Gasteiger charge is -2.15. The first-order valence-electron chi connectivity index (χ1n) is 7.21. The van der Waals surface area contributed by atoms with Crippen LogP contribution in [0.3, 0.4) is 0 Å². The van der Waals surface area contributed by atoms with Crippen molar-refractivity contribution in [1.29, 1.82) is 0 Å². The number of nitro groups is 1. The zero-order valence-electron chi connectivity index (χ0n) is 13.3. The molecule has 128 valence electrons. The van der Waals surface area contributed by atoms with Crippen molar-refractivity contribution in [3.8, 4) is 11.5 Å². The summed E-state index contributed by atoms with van der Waals surface area (Å²) in [5.41, 5.74) is -0.155. The number of carboxylic acid groups (broad SMARTS) is 1. The number of aliphatic carboxylic acids is 1. The number of ether oxygens (including phenoxy) is 2. The zero-order valence-corrected chi connectivity index (χ0v) is 13.3. The van der Waals surface area contributed by atoms with Crippen LogP contribution in [0.1, 0.15) is 38.4 Å². The predicted molar refractivity (Wildman–Crippen MR) is 81.8 cm³/mol. The Bertz CT molecular complexity index is 571. The second-order valence-electron chi connectivity index (χ2n) is 5.08. The second kappa shape index (κ2) is 8.33. The number of rotatable bonds is 9. The SMILES string of the molecule is CCC(CCOc1cc([N+](=O)[O-])c(C(C)O)cc1OC)C(=O)O. The lowest BCUT2D eigenvalue weighted by molar-refractivity contribution is -0.386. The van der Waals surface area contributed by atoms with Crippen LogP contribution in [-0.2, 0) is 4.79 Å². The lowest BCUT2D eigenvalue weighted by Crippen LogP contribution is -2.16. The van der Waals surface area contributed by atoms with Gasteiger partial charge >= 0.3 is 5.97 Å². The van der Waals surface area contributed by atoms with Crippen molar-refractivity contribution in [3.63, 3.8) is 0 Å². The summed E-state index contributed by atoms with van der Waals surface area (Å²) in [6.45, 7) is 3.27. The summed E-state index contributed by atoms with van der Waals surface area (Å²) < 4.78 is 10.6. The molecule has 0 heterocycles. The van der Waals surface area contributed by atoms with Gasteiger partial charge in [0.25, 0.3) is 5.69 Å². The third-order valence-electron chi connectivity index (χ3n) is 3.53. The highest BCUT2D eigenvalue weighted by Gasteiger charge is 2.23. The predicted octanol–water partition coefficient (Wildman–Crippen LogP) is 2.54. The summed E-state index contributed by atoms with van der Waals surface area (Å²) in [7, 11) is 1.38. The molecule has 2 atom stereocenters. The van der Waals surface area contributed by atoms with E-state index < -0.39 is 22.9 Å². The summed E-state index contributed by atoms with van der Waals surface area (Å²) in [5, 5.41) is 29.7. The number of methoxy groups -OCH3 is 1. The molecule has 8 heteroatoms. The van der Waals surface area contributed by atoms with E-state index in [4.69, 9.17) is 14.6 Å². The molecule has 0 aliphatic heterocycles. The van der Waals surface area contributed by atoms with Crippen LogP contribution in [0.2, 0.25) is 0 Å². The van der Waals surface area contributed by atoms with Gasteiger partial charge < -0.3 is 19.7 Å². The van der Waals surface area contributed by atoms with Crippen LogP contribution in [0.5, 0.6) is 11.5 Å². The van der Waals surface area contributed by atoms with Gasteiger partial charge in [0, 0.05) is 0 Å². The number of carboxylic acids is 1. The maximum absolute atomic E-state index is 11.1. The van der Waals surface area contributed by atoms with E-state index in [1.54, 1.807) is 6.92 Å². The Kier molecular flexibility index (Phi) is 6.77. The van der Waals surface area contributed by atoms with E-state index in [1.165, 1.54) is 26.2 Å². The third-order valence-corrected chi connectivity index (χ3v) is 3.53. The molecular weight excluding hydrogens is 306 g/mol. The molecule has 0 saturated heterocycles. The van der Waals surface area contributed by atoms with Gasteiger partial charge in [-0.3, -0.25) is 14.9 Å². The Morgan fingerprint density at radius 2 is 2.04 bits per heavy atom. The average molecular weight is 327 g/mol. The van der Waals surface area contributed by atoms with E-state index in [1.807, 2.05) is 0 Å². The monoisotopic (exact) mass is 327 g/mol. The Balaban J connectivity index is 2.99. The van der Waals surface area contributed by atoms with E-state index in [9.17, 15) is 20.0 Å². The van der Waals surface area contributed by atoms with E-state index in [0.29, 0.717) is 6.42 Å². The molecule has 8 nitrogen and oxygen atoms in total. The number of aliphatic hydroxyl groups is 1. The molecule has 23 heavy (non-hydrogen) atoms. The van der Waals surface area contributed by atoms with Crippen molar-refractivity contribution >= 4 is 11.7 Å². The van der Waals surface area contributed by atoms with Gasteiger partial charge in [0.1, 0.15) is 0 Å². The van der Waals surface area contributed by atoms with E-state index in [-0.39, 0.29) is 35.8 Å². The highest BCUT2D eigenvalue weighted by Crippen LogP contribution is 2.37. The summed E-state index contributed by atoms with van der Waals surface area (Å²) in [5.74, 6) is -1.05. The van der Waals surface area contributed by atoms with Gasteiger partial charge in [-0.25, -0.2) is 0 Å². The van der Waals surface area contributed by atoms with Gasteiger partial charge in [-0.15, -0.1) is 0 Å². The van der Waals surface area contributed by atoms with Crippen molar-refractivity contribution in [2.75, 3.05) is 13.7 Å². The summed E-state index contributed by atoms with van der Waals surface area (Å²) >= 11 is 0. The van der Waals surface area contributed by atoms with Crippen LogP contribution in [0.25, 0.3) is 0 Å². The van der Waals surface area contributed by atoms with Gasteiger partial charge in [-0.05, 0) is 25.8 Å². The van der Waals surface area contributed by atoms with Crippen LogP contribution >= 0.6 is 0 Å². The standard InChI is InChI=1S/C15H21NO7/c1-4-10(15(18)19)5-6-23-14-8-12(16(20)21)11(9(2)17)7-13(14)22-3/h7-10,17H,4-6H2,1-3H3,(H,18,19). The fraction of sp³-hybridized carbons (Fsp3) is 0.533. The molecule has 1 rings (SSSR count). The number of hydrogen-bond donors (Lipinski definition) is 2. The molecule has 0 aliphatic carbocycles. The molecule has 0 saturated carbocycles. The topological polar surface area (TPSA) is 119 Å². The van der Waals surface area contributed by atoms with Crippen molar-refractivity contribution in [2.45, 2.75) is 32.8 Å². The minimum Gasteiger partial charge on any atom is -0.493 e. The van der Waals surface area contributed by atoms with Gasteiger partial charge in [0.2, 0.25) is 0 Å². The Morgan fingerprint density at radius 1 is 1.39 bits per heavy atom. The van der Waals surface area contributed by atoms with Crippen LogP contribution in [0.4, 0.5) is 5.69 Å². The van der Waals surface area contributed by atoms with E-state index in [0.717, 1.165) is 0 Å². The van der Waals surface area contributed by atoms with Crippen LogP contribution in [0, 0.1) is 16.0 Å². The number of hydrogen-bond acceptors (Lipinski definition) is 6. The minimum absolute atomic E-state index is 0.0896. The molecule has 1 aromatic carbocycles. The first kappa shape index (κ1) is 18.7. The first-order valence-corrected chi connectivity index (χ1v) is 7.21. The molecular formula is C15H21NO7. The number of benzene rings is 1. The molecule has 0 spiro atoms. The van der Waals surface area contributed by atoms with Gasteiger partial charge in [-0.2, -0.15) is 0 Å². The van der Waals surface area contributed by atoms with Gasteiger partial charge in [-0.1, -0.05) is 6.92 Å². The van der Waals surface area contributed by atoms with Crippen LogP contribution < -0.4 is 9.47 Å².